The van der Waals surface area contributed by atoms with Crippen LogP contribution in [0.2, 0.25) is 0 Å². The highest BCUT2D eigenvalue weighted by molar-refractivity contribution is 5.74. The van der Waals surface area contributed by atoms with Gasteiger partial charge in [-0.25, -0.2) is 4.79 Å². The molecule has 0 saturated carbocycles. The highest BCUT2D eigenvalue weighted by Crippen LogP contribution is 2.13. The zero-order chi connectivity index (χ0) is 10.9. The van der Waals surface area contributed by atoms with Gasteiger partial charge in [0.25, 0.3) is 0 Å². The van der Waals surface area contributed by atoms with Crippen LogP contribution < -0.4 is 5.73 Å². The fraction of sp³-hybridized carbons (Fsp3) is 0.556. The first-order valence-electron chi connectivity index (χ1n) is 4.35. The van der Waals surface area contributed by atoms with E-state index < -0.39 is 11.7 Å². The number of nitrogens with zero attached hydrogens (tertiary/aromatic N) is 2. The molecular weight excluding hydrogens is 182 g/mol. The number of carbonyl (C=O) groups is 1. The smallest absolute Gasteiger partial charge is 0.437 e. The molecule has 1 rings (SSSR count). The number of hydrogen-bond donors (Lipinski definition) is 1. The third-order valence-electron chi connectivity index (χ3n) is 1.57. The zero-order valence-corrected chi connectivity index (χ0v) is 8.87. The maximum atomic E-state index is 11.5. The van der Waals surface area contributed by atoms with Gasteiger partial charge in [0.15, 0.2) is 0 Å². The van der Waals surface area contributed by atoms with Crippen LogP contribution >= 0.6 is 0 Å². The van der Waals surface area contributed by atoms with E-state index >= 15 is 0 Å². The van der Waals surface area contributed by atoms with Gasteiger partial charge in [-0.15, -0.1) is 4.68 Å². The summed E-state index contributed by atoms with van der Waals surface area (Å²) in [5, 5.41) is 3.82. The van der Waals surface area contributed by atoms with Crippen molar-refractivity contribution in [3.63, 3.8) is 0 Å². The van der Waals surface area contributed by atoms with Gasteiger partial charge in [0.1, 0.15) is 11.4 Å². The molecule has 0 aliphatic heterocycles. The van der Waals surface area contributed by atoms with Crippen molar-refractivity contribution >= 4 is 11.9 Å². The van der Waals surface area contributed by atoms with Crippen molar-refractivity contribution in [2.75, 3.05) is 5.73 Å². The van der Waals surface area contributed by atoms with E-state index in [1.54, 1.807) is 27.7 Å². The van der Waals surface area contributed by atoms with Crippen LogP contribution in [0.15, 0.2) is 6.20 Å². The van der Waals surface area contributed by atoms with Crippen molar-refractivity contribution in [1.82, 2.24) is 9.78 Å². The van der Waals surface area contributed by atoms with Crippen LogP contribution in [0.25, 0.3) is 0 Å². The Hall–Kier alpha value is -1.52. The van der Waals surface area contributed by atoms with E-state index in [9.17, 15) is 4.79 Å². The van der Waals surface area contributed by atoms with E-state index in [4.69, 9.17) is 10.5 Å². The minimum Gasteiger partial charge on any atom is -0.442 e. The first-order chi connectivity index (χ1) is 6.31. The van der Waals surface area contributed by atoms with Crippen molar-refractivity contribution in [1.29, 1.82) is 0 Å². The van der Waals surface area contributed by atoms with Crippen LogP contribution in [0.3, 0.4) is 0 Å². The van der Waals surface area contributed by atoms with Crippen LogP contribution in [0.5, 0.6) is 0 Å². The lowest BCUT2D eigenvalue weighted by molar-refractivity contribution is 0.0519. The average molecular weight is 197 g/mol. The summed E-state index contributed by atoms with van der Waals surface area (Å²) in [6.45, 7) is 7.15. The minimum absolute atomic E-state index is 0.319. The second-order valence-electron chi connectivity index (χ2n) is 4.10. The van der Waals surface area contributed by atoms with Crippen LogP contribution in [0.4, 0.5) is 10.6 Å². The van der Waals surface area contributed by atoms with E-state index in [1.165, 1.54) is 6.20 Å². The van der Waals surface area contributed by atoms with Gasteiger partial charge in [0, 0.05) is 5.56 Å². The normalized spacial score (nSPS) is 11.4. The highest BCUT2D eigenvalue weighted by atomic mass is 16.6. The summed E-state index contributed by atoms with van der Waals surface area (Å²) in [6, 6.07) is 0. The molecule has 0 bridgehead atoms. The zero-order valence-electron chi connectivity index (χ0n) is 8.87. The molecule has 1 heterocycles. The SMILES string of the molecule is Cc1cnn(C(=O)OC(C)(C)C)c1N. The van der Waals surface area contributed by atoms with E-state index in [1.807, 2.05) is 0 Å². The Morgan fingerprint density at radius 3 is 2.50 bits per heavy atom. The molecule has 78 valence electrons. The Kier molecular flexibility index (Phi) is 2.51. The predicted molar refractivity (Wildman–Crippen MR) is 53.0 cm³/mol. The molecule has 0 radical (unpaired) electrons. The first-order valence-corrected chi connectivity index (χ1v) is 4.35. The standard InChI is InChI=1S/C9H15N3O2/c1-6-5-11-12(7(6)10)8(13)14-9(2,3)4/h5H,10H2,1-4H3. The average Bonchev–Trinajstić information content (AvgIpc) is 2.29. The molecule has 0 amide bonds. The summed E-state index contributed by atoms with van der Waals surface area (Å²) in [4.78, 5) is 11.5. The molecule has 1 aromatic rings. The van der Waals surface area contributed by atoms with Gasteiger partial charge in [0.2, 0.25) is 0 Å². The van der Waals surface area contributed by atoms with Crippen molar-refractivity contribution in [3.05, 3.63) is 11.8 Å². The van der Waals surface area contributed by atoms with Crippen molar-refractivity contribution in [3.8, 4) is 0 Å². The van der Waals surface area contributed by atoms with E-state index in [0.29, 0.717) is 5.82 Å². The summed E-state index contributed by atoms with van der Waals surface area (Å²) in [5.74, 6) is 0.319. The second kappa shape index (κ2) is 3.32. The van der Waals surface area contributed by atoms with Crippen molar-refractivity contribution < 1.29 is 9.53 Å². The van der Waals surface area contributed by atoms with Gasteiger partial charge in [0.05, 0.1) is 6.20 Å². The molecule has 0 atom stereocenters. The fourth-order valence-corrected chi connectivity index (χ4v) is 0.890. The molecule has 5 nitrogen and oxygen atoms in total. The summed E-state index contributed by atoms with van der Waals surface area (Å²) >= 11 is 0. The third-order valence-corrected chi connectivity index (χ3v) is 1.57. The van der Waals surface area contributed by atoms with Gasteiger partial charge in [-0.1, -0.05) is 0 Å². The largest absolute Gasteiger partial charge is 0.442 e. The number of carbonyl (C=O) groups excluding carboxylic acids is 1. The number of aromatic nitrogens is 2. The Labute approximate surface area is 82.8 Å². The molecule has 1 aromatic heterocycles. The Balaban J connectivity index is 2.86. The molecule has 0 saturated heterocycles. The number of nitrogens with two attached hydrogens (primary N) is 1. The Morgan fingerprint density at radius 1 is 1.57 bits per heavy atom. The van der Waals surface area contributed by atoms with E-state index in [-0.39, 0.29) is 0 Å². The van der Waals surface area contributed by atoms with Gasteiger partial charge < -0.3 is 10.5 Å². The molecule has 14 heavy (non-hydrogen) atoms. The number of anilines is 1. The number of nitrogen functional groups attached to an aromatic ring is 1. The maximum absolute atomic E-state index is 11.5. The summed E-state index contributed by atoms with van der Waals surface area (Å²) in [7, 11) is 0. The van der Waals surface area contributed by atoms with Crippen LogP contribution in [-0.2, 0) is 4.74 Å². The molecule has 0 unspecified atom stereocenters. The molecule has 5 heteroatoms. The molecule has 0 spiro atoms. The number of ether oxygens (including phenoxy) is 1. The van der Waals surface area contributed by atoms with Crippen molar-refractivity contribution in [2.24, 2.45) is 0 Å². The first kappa shape index (κ1) is 10.6. The highest BCUT2D eigenvalue weighted by Gasteiger charge is 2.20. The van der Waals surface area contributed by atoms with Gasteiger partial charge >= 0.3 is 6.09 Å². The molecule has 0 fully saturated rings. The van der Waals surface area contributed by atoms with Gasteiger partial charge in [-0.05, 0) is 27.7 Å². The number of hydrogen-bond acceptors (Lipinski definition) is 4. The molecule has 0 aliphatic rings. The van der Waals surface area contributed by atoms with Crippen molar-refractivity contribution in [2.45, 2.75) is 33.3 Å². The lowest BCUT2D eigenvalue weighted by Crippen LogP contribution is -2.28. The lowest BCUT2D eigenvalue weighted by atomic mass is 10.2. The number of rotatable bonds is 0. The molecular formula is C9H15N3O2. The molecule has 2 N–H and O–H groups in total. The van der Waals surface area contributed by atoms with E-state index in [0.717, 1.165) is 10.2 Å². The lowest BCUT2D eigenvalue weighted by Gasteiger charge is -2.19. The topological polar surface area (TPSA) is 70.1 Å². The Bertz CT molecular complexity index is 349. The van der Waals surface area contributed by atoms with Crippen LogP contribution in [0, 0.1) is 6.92 Å². The monoisotopic (exact) mass is 197 g/mol. The van der Waals surface area contributed by atoms with Gasteiger partial charge in [-0.3, -0.25) is 0 Å². The van der Waals surface area contributed by atoms with Gasteiger partial charge in [-0.2, -0.15) is 5.10 Å². The number of aryl methyl sites for hydroxylation is 1. The van der Waals surface area contributed by atoms with E-state index in [2.05, 4.69) is 5.10 Å². The molecule has 0 aromatic carbocycles. The minimum atomic E-state index is -0.553. The second-order valence-corrected chi connectivity index (χ2v) is 4.10. The molecule has 0 aliphatic carbocycles. The summed E-state index contributed by atoms with van der Waals surface area (Å²) in [5.41, 5.74) is 5.84. The summed E-state index contributed by atoms with van der Waals surface area (Å²) in [6.07, 6.45) is 0.974. The summed E-state index contributed by atoms with van der Waals surface area (Å²) < 4.78 is 6.16. The van der Waals surface area contributed by atoms with Crippen LogP contribution in [0.1, 0.15) is 26.3 Å². The third kappa shape index (κ3) is 2.25. The Morgan fingerprint density at radius 2 is 2.14 bits per heavy atom. The fourth-order valence-electron chi connectivity index (χ4n) is 0.890. The predicted octanol–water partition coefficient (Wildman–Crippen LogP) is 1.56. The quantitative estimate of drug-likeness (QED) is 0.685. The maximum Gasteiger partial charge on any atom is 0.437 e. The van der Waals surface area contributed by atoms with Crippen LogP contribution in [-0.4, -0.2) is 21.5 Å².